The van der Waals surface area contributed by atoms with Crippen molar-refractivity contribution in [3.63, 3.8) is 0 Å². The van der Waals surface area contributed by atoms with Gasteiger partial charge in [0.25, 0.3) is 0 Å². The lowest BCUT2D eigenvalue weighted by Gasteiger charge is -2.31. The lowest BCUT2D eigenvalue weighted by molar-refractivity contribution is 0.134. The highest BCUT2D eigenvalue weighted by molar-refractivity contribution is 5.36. The minimum Gasteiger partial charge on any atom is -0.496 e. The van der Waals surface area contributed by atoms with Crippen molar-refractivity contribution in [2.24, 2.45) is 0 Å². The Bertz CT molecular complexity index is 402. The predicted octanol–water partition coefficient (Wildman–Crippen LogP) is 1.30. The van der Waals surface area contributed by atoms with Gasteiger partial charge in [0.05, 0.1) is 13.8 Å². The second-order valence-corrected chi connectivity index (χ2v) is 5.34. The molecule has 0 amide bonds. The molecule has 0 unspecified atom stereocenters. The monoisotopic (exact) mass is 263 g/mol. The van der Waals surface area contributed by atoms with Crippen LogP contribution in [0, 0.1) is 6.92 Å². The highest BCUT2D eigenvalue weighted by Crippen LogP contribution is 2.21. The van der Waals surface area contributed by atoms with Gasteiger partial charge in [-0.15, -0.1) is 0 Å². The molecule has 1 aliphatic heterocycles. The van der Waals surface area contributed by atoms with Crippen molar-refractivity contribution >= 4 is 0 Å². The molecule has 0 aliphatic carbocycles. The number of nitrogens with zero attached hydrogens (tertiary/aromatic N) is 2. The molecule has 1 aliphatic rings. The first-order valence-corrected chi connectivity index (χ1v) is 6.94. The van der Waals surface area contributed by atoms with Crippen LogP contribution in [0.4, 0.5) is 0 Å². The van der Waals surface area contributed by atoms with E-state index in [1.807, 2.05) is 0 Å². The zero-order valence-corrected chi connectivity index (χ0v) is 12.3. The normalized spacial score (nSPS) is 16.8. The van der Waals surface area contributed by atoms with Crippen LogP contribution in [0.3, 0.4) is 0 Å². The molecule has 4 heteroatoms. The van der Waals surface area contributed by atoms with E-state index in [4.69, 9.17) is 4.74 Å². The Morgan fingerprint density at radius 2 is 2.05 bits per heavy atom. The number of aryl methyl sites for hydroxylation is 1. The number of piperazine rings is 1. The molecule has 106 valence electrons. The van der Waals surface area contributed by atoms with E-state index < -0.39 is 0 Å². The maximum atomic E-state index is 5.44. The minimum absolute atomic E-state index is 0.925. The number of ether oxygens (including phenoxy) is 1. The molecule has 0 spiro atoms. The summed E-state index contributed by atoms with van der Waals surface area (Å²) in [4.78, 5) is 4.83. The average molecular weight is 263 g/mol. The Morgan fingerprint density at radius 3 is 2.74 bits per heavy atom. The van der Waals surface area contributed by atoms with Gasteiger partial charge in [0.2, 0.25) is 0 Å². The van der Waals surface area contributed by atoms with E-state index in [0.29, 0.717) is 0 Å². The zero-order valence-electron chi connectivity index (χ0n) is 12.3. The summed E-state index contributed by atoms with van der Waals surface area (Å²) in [6.07, 6.45) is 0. The van der Waals surface area contributed by atoms with Gasteiger partial charge in [-0.05, 0) is 20.0 Å². The first kappa shape index (κ1) is 14.3. The van der Waals surface area contributed by atoms with Crippen molar-refractivity contribution in [1.82, 2.24) is 15.1 Å². The lowest BCUT2D eigenvalue weighted by Crippen LogP contribution is -2.47. The van der Waals surface area contributed by atoms with Gasteiger partial charge in [0.1, 0.15) is 5.75 Å². The van der Waals surface area contributed by atoms with Crippen LogP contribution in [0.25, 0.3) is 0 Å². The molecule has 1 aromatic carbocycles. The molecule has 2 rings (SSSR count). The van der Waals surface area contributed by atoms with Crippen LogP contribution in [0.5, 0.6) is 5.75 Å². The quantitative estimate of drug-likeness (QED) is 0.866. The first-order chi connectivity index (χ1) is 9.19. The summed E-state index contributed by atoms with van der Waals surface area (Å²) in [7, 11) is 3.91. The fraction of sp³-hybridized carbons (Fsp3) is 0.600. The number of benzene rings is 1. The summed E-state index contributed by atoms with van der Waals surface area (Å²) < 4.78 is 5.44. The third kappa shape index (κ3) is 4.20. The van der Waals surface area contributed by atoms with Crippen LogP contribution in [-0.4, -0.2) is 56.8 Å². The topological polar surface area (TPSA) is 27.7 Å². The van der Waals surface area contributed by atoms with E-state index in [0.717, 1.165) is 45.1 Å². The fourth-order valence-electron chi connectivity index (χ4n) is 2.57. The second kappa shape index (κ2) is 6.89. The van der Waals surface area contributed by atoms with Crippen LogP contribution in [0.2, 0.25) is 0 Å². The highest BCUT2D eigenvalue weighted by Gasteiger charge is 2.13. The zero-order chi connectivity index (χ0) is 13.7. The summed E-state index contributed by atoms with van der Waals surface area (Å²) in [6, 6.07) is 6.37. The van der Waals surface area contributed by atoms with Gasteiger partial charge in [-0.25, -0.2) is 0 Å². The van der Waals surface area contributed by atoms with Crippen LogP contribution in [0.15, 0.2) is 18.2 Å². The molecule has 19 heavy (non-hydrogen) atoms. The van der Waals surface area contributed by atoms with Crippen molar-refractivity contribution in [3.05, 3.63) is 29.3 Å². The van der Waals surface area contributed by atoms with Gasteiger partial charge >= 0.3 is 0 Å². The Balaban J connectivity index is 1.93. The van der Waals surface area contributed by atoms with Crippen molar-refractivity contribution < 1.29 is 4.74 Å². The van der Waals surface area contributed by atoms with E-state index in [9.17, 15) is 0 Å². The highest BCUT2D eigenvalue weighted by atomic mass is 16.5. The van der Waals surface area contributed by atoms with Gasteiger partial charge in [-0.1, -0.05) is 17.7 Å². The molecule has 1 heterocycles. The number of rotatable bonds is 5. The van der Waals surface area contributed by atoms with Gasteiger partial charge in [0.15, 0.2) is 0 Å². The fourth-order valence-corrected chi connectivity index (χ4v) is 2.57. The predicted molar refractivity (Wildman–Crippen MR) is 78.5 cm³/mol. The van der Waals surface area contributed by atoms with E-state index in [1.165, 1.54) is 11.1 Å². The number of hydrogen-bond donors (Lipinski definition) is 1. The molecular weight excluding hydrogens is 238 g/mol. The summed E-state index contributed by atoms with van der Waals surface area (Å²) in [5.74, 6) is 0.984. The standard InChI is InChI=1S/C15H25N3O/c1-13-4-5-15(19-3)14(10-13)11-17(2)12-18-8-6-16-7-9-18/h4-5,10,16H,6-9,11-12H2,1-3H3. The number of nitrogens with one attached hydrogen (secondary N) is 1. The second-order valence-electron chi connectivity index (χ2n) is 5.34. The SMILES string of the molecule is COc1ccc(C)cc1CN(C)CN1CCNCC1. The van der Waals surface area contributed by atoms with Crippen LogP contribution in [0.1, 0.15) is 11.1 Å². The molecule has 0 bridgehead atoms. The largest absolute Gasteiger partial charge is 0.496 e. The Labute approximate surface area is 116 Å². The summed E-state index contributed by atoms with van der Waals surface area (Å²) in [5, 5.41) is 3.38. The summed E-state index contributed by atoms with van der Waals surface area (Å²) in [5.41, 5.74) is 2.55. The molecule has 0 radical (unpaired) electrons. The maximum absolute atomic E-state index is 5.44. The van der Waals surface area contributed by atoms with Gasteiger partial charge < -0.3 is 10.1 Å². The third-order valence-electron chi connectivity index (χ3n) is 3.53. The smallest absolute Gasteiger partial charge is 0.123 e. The Morgan fingerprint density at radius 1 is 1.32 bits per heavy atom. The number of methoxy groups -OCH3 is 1. The molecule has 1 N–H and O–H groups in total. The van der Waals surface area contributed by atoms with Gasteiger partial charge in [-0.2, -0.15) is 0 Å². The summed E-state index contributed by atoms with van der Waals surface area (Å²) >= 11 is 0. The van der Waals surface area contributed by atoms with Crippen LogP contribution >= 0.6 is 0 Å². The Hall–Kier alpha value is -1.10. The van der Waals surface area contributed by atoms with Crippen molar-refractivity contribution in [2.45, 2.75) is 13.5 Å². The Kier molecular flexibility index (Phi) is 5.19. The van der Waals surface area contributed by atoms with E-state index in [2.05, 4.69) is 47.3 Å². The van der Waals surface area contributed by atoms with E-state index in [-0.39, 0.29) is 0 Å². The van der Waals surface area contributed by atoms with E-state index >= 15 is 0 Å². The summed E-state index contributed by atoms with van der Waals surface area (Å²) in [6.45, 7) is 8.53. The molecule has 0 aromatic heterocycles. The number of hydrogen-bond acceptors (Lipinski definition) is 4. The van der Waals surface area contributed by atoms with Crippen molar-refractivity contribution in [1.29, 1.82) is 0 Å². The lowest BCUT2D eigenvalue weighted by atomic mass is 10.1. The van der Waals surface area contributed by atoms with Gasteiger partial charge in [0, 0.05) is 38.3 Å². The van der Waals surface area contributed by atoms with Crippen molar-refractivity contribution in [3.8, 4) is 5.75 Å². The third-order valence-corrected chi connectivity index (χ3v) is 3.53. The molecule has 4 nitrogen and oxygen atoms in total. The molecule has 1 fully saturated rings. The minimum atomic E-state index is 0.925. The molecule has 0 saturated carbocycles. The molecular formula is C15H25N3O. The van der Waals surface area contributed by atoms with Gasteiger partial charge in [-0.3, -0.25) is 9.80 Å². The van der Waals surface area contributed by atoms with Crippen LogP contribution < -0.4 is 10.1 Å². The molecule has 1 saturated heterocycles. The van der Waals surface area contributed by atoms with Crippen molar-refractivity contribution in [2.75, 3.05) is 47.0 Å². The van der Waals surface area contributed by atoms with Crippen LogP contribution in [-0.2, 0) is 6.54 Å². The first-order valence-electron chi connectivity index (χ1n) is 6.94. The molecule has 0 atom stereocenters. The maximum Gasteiger partial charge on any atom is 0.123 e. The van der Waals surface area contributed by atoms with E-state index in [1.54, 1.807) is 7.11 Å². The average Bonchev–Trinajstić information content (AvgIpc) is 2.40. The molecule has 1 aromatic rings.